The van der Waals surface area contributed by atoms with Gasteiger partial charge in [0.25, 0.3) is 5.91 Å². The molecule has 1 aliphatic rings. The average molecular weight is 450 g/mol. The van der Waals surface area contributed by atoms with Crippen molar-refractivity contribution >= 4 is 56.6 Å². The van der Waals surface area contributed by atoms with Crippen molar-refractivity contribution in [3.63, 3.8) is 0 Å². The Morgan fingerprint density at radius 1 is 1.10 bits per heavy atom. The number of thiazole rings is 1. The molecule has 2 aromatic carbocycles. The Bertz CT molecular complexity index is 1020. The molecule has 0 spiro atoms. The molecular formula is C22H25Cl2N3OS. The molecule has 0 fully saturated rings. The van der Waals surface area contributed by atoms with Gasteiger partial charge in [-0.25, -0.2) is 4.98 Å². The van der Waals surface area contributed by atoms with Crippen molar-refractivity contribution in [1.82, 2.24) is 9.88 Å². The zero-order valence-corrected chi connectivity index (χ0v) is 19.0. The van der Waals surface area contributed by atoms with E-state index in [1.165, 1.54) is 35.3 Å². The third kappa shape index (κ3) is 4.75. The fraction of sp³-hybridized carbons (Fsp3) is 0.364. The van der Waals surface area contributed by atoms with Crippen LogP contribution in [-0.2, 0) is 12.8 Å². The maximum atomic E-state index is 13.4. The van der Waals surface area contributed by atoms with Gasteiger partial charge < -0.3 is 4.90 Å². The summed E-state index contributed by atoms with van der Waals surface area (Å²) in [6.45, 7) is 1.35. The Hall–Kier alpha value is -1.66. The van der Waals surface area contributed by atoms with Gasteiger partial charge in [-0.2, -0.15) is 0 Å². The van der Waals surface area contributed by atoms with E-state index in [-0.39, 0.29) is 18.3 Å². The number of halogens is 2. The van der Waals surface area contributed by atoms with Crippen LogP contribution in [0.1, 0.15) is 34.3 Å². The molecule has 1 heterocycles. The minimum absolute atomic E-state index is 0. The molecule has 0 atom stereocenters. The smallest absolute Gasteiger partial charge is 0.260 e. The number of hydrogen-bond acceptors (Lipinski definition) is 4. The average Bonchev–Trinajstić information content (AvgIpc) is 3.12. The second-order valence-electron chi connectivity index (χ2n) is 7.53. The maximum Gasteiger partial charge on any atom is 0.260 e. The second kappa shape index (κ2) is 9.43. The summed E-state index contributed by atoms with van der Waals surface area (Å²) >= 11 is 7.83. The Morgan fingerprint density at radius 2 is 1.86 bits per heavy atom. The number of aromatic nitrogens is 1. The lowest BCUT2D eigenvalue weighted by Crippen LogP contribution is -2.36. The summed E-state index contributed by atoms with van der Waals surface area (Å²) in [4.78, 5) is 22.0. The number of carbonyl (C=O) groups excluding carboxylic acids is 1. The van der Waals surface area contributed by atoms with Gasteiger partial charge in [0.1, 0.15) is 5.52 Å². The van der Waals surface area contributed by atoms with Gasteiger partial charge in [-0.3, -0.25) is 9.69 Å². The number of hydrogen-bond donors (Lipinski definition) is 0. The quantitative estimate of drug-likeness (QED) is 0.518. The third-order valence-electron chi connectivity index (χ3n) is 5.20. The van der Waals surface area contributed by atoms with Crippen molar-refractivity contribution in [2.24, 2.45) is 0 Å². The lowest BCUT2D eigenvalue weighted by molar-refractivity contribution is 0.0985. The van der Waals surface area contributed by atoms with Gasteiger partial charge in [0.05, 0.1) is 9.72 Å². The van der Waals surface area contributed by atoms with Crippen LogP contribution >= 0.6 is 35.3 Å². The highest BCUT2D eigenvalue weighted by molar-refractivity contribution is 7.22. The molecule has 154 valence electrons. The van der Waals surface area contributed by atoms with E-state index in [4.69, 9.17) is 16.6 Å². The fourth-order valence-corrected chi connectivity index (χ4v) is 4.91. The highest BCUT2D eigenvalue weighted by Gasteiger charge is 2.23. The molecular weight excluding hydrogens is 425 g/mol. The summed E-state index contributed by atoms with van der Waals surface area (Å²) in [5, 5.41) is 1.32. The van der Waals surface area contributed by atoms with Gasteiger partial charge in [0, 0.05) is 18.7 Å². The Labute approximate surface area is 186 Å². The number of anilines is 1. The fourth-order valence-electron chi connectivity index (χ4n) is 3.63. The summed E-state index contributed by atoms with van der Waals surface area (Å²) in [6, 6.07) is 11.9. The summed E-state index contributed by atoms with van der Waals surface area (Å²) in [5.74, 6) is 0.00500. The predicted molar refractivity (Wildman–Crippen MR) is 125 cm³/mol. The first-order valence-corrected chi connectivity index (χ1v) is 10.9. The van der Waals surface area contributed by atoms with Crippen LogP contribution in [0.2, 0.25) is 5.02 Å². The molecule has 7 heteroatoms. The highest BCUT2D eigenvalue weighted by atomic mass is 35.5. The number of para-hydroxylation sites is 1. The Kier molecular flexibility index (Phi) is 7.17. The van der Waals surface area contributed by atoms with E-state index < -0.39 is 0 Å². The van der Waals surface area contributed by atoms with E-state index in [0.717, 1.165) is 35.2 Å². The van der Waals surface area contributed by atoms with Gasteiger partial charge in [-0.1, -0.05) is 35.1 Å². The van der Waals surface area contributed by atoms with Gasteiger partial charge in [-0.05, 0) is 75.2 Å². The first-order valence-electron chi connectivity index (χ1n) is 9.66. The molecule has 0 radical (unpaired) electrons. The van der Waals surface area contributed by atoms with E-state index in [9.17, 15) is 4.79 Å². The number of likely N-dealkylation sites (N-methyl/N-ethyl adjacent to an activating group) is 1. The van der Waals surface area contributed by atoms with Gasteiger partial charge in [0.2, 0.25) is 0 Å². The van der Waals surface area contributed by atoms with E-state index in [2.05, 4.69) is 17.0 Å². The van der Waals surface area contributed by atoms with Crippen molar-refractivity contribution in [2.45, 2.75) is 25.7 Å². The zero-order valence-electron chi connectivity index (χ0n) is 16.7. The highest BCUT2D eigenvalue weighted by Crippen LogP contribution is 2.33. The molecule has 3 aromatic rings. The molecule has 4 rings (SSSR count). The number of benzene rings is 2. The second-order valence-corrected chi connectivity index (χ2v) is 8.95. The van der Waals surface area contributed by atoms with Crippen molar-refractivity contribution in [1.29, 1.82) is 0 Å². The topological polar surface area (TPSA) is 36.4 Å². The SMILES string of the molecule is CN(C)CCN(C(=O)c1ccc2c(c1)CCCC2)c1nc2c(Cl)cccc2s1.Cl. The van der Waals surface area contributed by atoms with Crippen LogP contribution < -0.4 is 4.90 Å². The molecule has 1 amide bonds. The van der Waals surface area contributed by atoms with Crippen LogP contribution in [0.15, 0.2) is 36.4 Å². The van der Waals surface area contributed by atoms with Crippen LogP contribution in [0.25, 0.3) is 10.2 Å². The Morgan fingerprint density at radius 3 is 2.59 bits per heavy atom. The largest absolute Gasteiger partial charge is 0.308 e. The van der Waals surface area contributed by atoms with E-state index in [0.29, 0.717) is 16.7 Å². The van der Waals surface area contributed by atoms with Crippen LogP contribution in [0, 0.1) is 0 Å². The first-order chi connectivity index (χ1) is 13.5. The van der Waals surface area contributed by atoms with Crippen molar-refractivity contribution in [3.05, 3.63) is 58.1 Å². The van der Waals surface area contributed by atoms with Crippen LogP contribution in [0.4, 0.5) is 5.13 Å². The normalized spacial score (nSPS) is 13.2. The number of amides is 1. The van der Waals surface area contributed by atoms with E-state index >= 15 is 0 Å². The van der Waals surface area contributed by atoms with E-state index in [1.807, 2.05) is 38.4 Å². The van der Waals surface area contributed by atoms with Crippen molar-refractivity contribution in [3.8, 4) is 0 Å². The third-order valence-corrected chi connectivity index (χ3v) is 6.55. The number of aryl methyl sites for hydroxylation is 2. The molecule has 0 saturated carbocycles. The van der Waals surface area contributed by atoms with Crippen molar-refractivity contribution < 1.29 is 4.79 Å². The van der Waals surface area contributed by atoms with Crippen LogP contribution in [0.5, 0.6) is 0 Å². The van der Waals surface area contributed by atoms with Gasteiger partial charge >= 0.3 is 0 Å². The lowest BCUT2D eigenvalue weighted by Gasteiger charge is -2.23. The lowest BCUT2D eigenvalue weighted by atomic mass is 9.90. The summed E-state index contributed by atoms with van der Waals surface area (Å²) in [6.07, 6.45) is 4.61. The Balaban J connectivity index is 0.00000240. The number of rotatable bonds is 5. The van der Waals surface area contributed by atoms with E-state index in [1.54, 1.807) is 4.90 Å². The zero-order chi connectivity index (χ0) is 19.7. The van der Waals surface area contributed by atoms with Crippen LogP contribution in [-0.4, -0.2) is 43.0 Å². The minimum atomic E-state index is 0. The minimum Gasteiger partial charge on any atom is -0.308 e. The summed E-state index contributed by atoms with van der Waals surface area (Å²) in [5.41, 5.74) is 4.20. The molecule has 0 bridgehead atoms. The molecule has 1 aromatic heterocycles. The molecule has 29 heavy (non-hydrogen) atoms. The maximum absolute atomic E-state index is 13.4. The number of nitrogens with zero attached hydrogens (tertiary/aromatic N) is 3. The van der Waals surface area contributed by atoms with Gasteiger partial charge in [0.15, 0.2) is 5.13 Å². The van der Waals surface area contributed by atoms with Crippen LogP contribution in [0.3, 0.4) is 0 Å². The molecule has 0 N–H and O–H groups in total. The summed E-state index contributed by atoms with van der Waals surface area (Å²) < 4.78 is 0.996. The molecule has 0 saturated heterocycles. The standard InChI is InChI=1S/C22H24ClN3OS.ClH/c1-25(2)12-13-26(22-24-20-18(23)8-5-9-19(20)28-22)21(27)17-11-10-15-6-3-4-7-16(15)14-17;/h5,8-11,14H,3-4,6-7,12-13H2,1-2H3;1H. The number of carbonyl (C=O) groups is 1. The molecule has 4 nitrogen and oxygen atoms in total. The molecule has 1 aliphatic carbocycles. The number of fused-ring (bicyclic) bond motifs is 2. The molecule has 0 aliphatic heterocycles. The van der Waals surface area contributed by atoms with Gasteiger partial charge in [-0.15, -0.1) is 12.4 Å². The summed E-state index contributed by atoms with van der Waals surface area (Å²) in [7, 11) is 4.02. The predicted octanol–water partition coefficient (Wildman–Crippen LogP) is 5.46. The molecule has 0 unspecified atom stereocenters. The van der Waals surface area contributed by atoms with Crippen molar-refractivity contribution in [2.75, 3.05) is 32.1 Å². The monoisotopic (exact) mass is 449 g/mol. The first kappa shape index (κ1) is 22.0.